The first-order valence-corrected chi connectivity index (χ1v) is 4.01. The molecule has 0 unspecified atom stereocenters. The Labute approximate surface area is 59.1 Å². The number of hydrogen-bond donors (Lipinski definition) is 0. The van der Waals surface area contributed by atoms with Crippen molar-refractivity contribution in [1.82, 2.24) is 4.90 Å². The van der Waals surface area contributed by atoms with E-state index in [1.54, 1.807) is 0 Å². The molecular weight excluding hydrogens is 110 g/mol. The third kappa shape index (κ3) is 2.85. The summed E-state index contributed by atoms with van der Waals surface area (Å²) < 4.78 is 0. The van der Waals surface area contributed by atoms with Crippen LogP contribution in [0.5, 0.6) is 0 Å². The predicted molar refractivity (Wildman–Crippen MR) is 42.7 cm³/mol. The fraction of sp³-hybridized carbons (Fsp3) is 1.00. The van der Waals surface area contributed by atoms with Gasteiger partial charge in [0, 0.05) is 6.04 Å². The van der Waals surface area contributed by atoms with Gasteiger partial charge in [0.25, 0.3) is 0 Å². The average Bonchev–Trinajstić information content (AvgIpc) is 2.23. The van der Waals surface area contributed by atoms with Crippen molar-refractivity contribution in [2.75, 3.05) is 13.6 Å². The highest BCUT2D eigenvalue weighted by Crippen LogP contribution is 2.12. The summed E-state index contributed by atoms with van der Waals surface area (Å²) in [4.78, 5) is 2.40. The molecule has 0 bridgehead atoms. The van der Waals surface area contributed by atoms with Gasteiger partial charge < -0.3 is 4.90 Å². The SMILES string of the molecule is CC.C[C@H]1CCCN1C. The van der Waals surface area contributed by atoms with Gasteiger partial charge in [-0.2, -0.15) is 0 Å². The molecule has 1 saturated heterocycles. The molecule has 1 nitrogen and oxygen atoms in total. The Balaban J connectivity index is 0.000000291. The number of nitrogens with zero attached hydrogens (tertiary/aromatic N) is 1. The first-order valence-electron chi connectivity index (χ1n) is 4.01. The average molecular weight is 129 g/mol. The van der Waals surface area contributed by atoms with E-state index in [1.165, 1.54) is 19.4 Å². The van der Waals surface area contributed by atoms with Crippen LogP contribution in [0.15, 0.2) is 0 Å². The molecule has 1 atom stereocenters. The Bertz CT molecular complexity index is 53.6. The van der Waals surface area contributed by atoms with E-state index in [1.807, 2.05) is 13.8 Å². The molecule has 1 aliphatic heterocycles. The summed E-state index contributed by atoms with van der Waals surface area (Å²) in [6, 6.07) is 0.847. The van der Waals surface area contributed by atoms with Gasteiger partial charge >= 0.3 is 0 Å². The summed E-state index contributed by atoms with van der Waals surface area (Å²) in [7, 11) is 2.19. The Morgan fingerprint density at radius 1 is 1.33 bits per heavy atom. The van der Waals surface area contributed by atoms with E-state index in [-0.39, 0.29) is 0 Å². The van der Waals surface area contributed by atoms with Crippen molar-refractivity contribution in [1.29, 1.82) is 0 Å². The van der Waals surface area contributed by atoms with Crippen LogP contribution in [0.2, 0.25) is 0 Å². The second-order valence-electron chi connectivity index (χ2n) is 2.47. The lowest BCUT2D eigenvalue weighted by Gasteiger charge is -2.12. The minimum atomic E-state index is 0.847. The lowest BCUT2D eigenvalue weighted by Crippen LogP contribution is -2.20. The number of rotatable bonds is 0. The van der Waals surface area contributed by atoms with Gasteiger partial charge in [0.05, 0.1) is 0 Å². The summed E-state index contributed by atoms with van der Waals surface area (Å²) >= 11 is 0. The molecule has 0 spiro atoms. The second-order valence-corrected chi connectivity index (χ2v) is 2.47. The van der Waals surface area contributed by atoms with Gasteiger partial charge in [0.2, 0.25) is 0 Å². The van der Waals surface area contributed by atoms with Crippen molar-refractivity contribution in [3.8, 4) is 0 Å². The van der Waals surface area contributed by atoms with Gasteiger partial charge in [0.15, 0.2) is 0 Å². The summed E-state index contributed by atoms with van der Waals surface area (Å²) in [5.41, 5.74) is 0. The monoisotopic (exact) mass is 129 g/mol. The summed E-state index contributed by atoms with van der Waals surface area (Å²) in [6.07, 6.45) is 2.80. The van der Waals surface area contributed by atoms with Gasteiger partial charge in [-0.1, -0.05) is 13.8 Å². The molecule has 0 amide bonds. The molecule has 1 fully saturated rings. The summed E-state index contributed by atoms with van der Waals surface area (Å²) in [5.74, 6) is 0. The zero-order valence-electron chi connectivity index (χ0n) is 7.15. The van der Waals surface area contributed by atoms with Gasteiger partial charge in [0.1, 0.15) is 0 Å². The maximum Gasteiger partial charge on any atom is 0.00643 e. The largest absolute Gasteiger partial charge is 0.304 e. The van der Waals surface area contributed by atoms with Gasteiger partial charge in [-0.15, -0.1) is 0 Å². The number of likely N-dealkylation sites (tertiary alicyclic amines) is 1. The van der Waals surface area contributed by atoms with Crippen LogP contribution in [0.1, 0.15) is 33.6 Å². The molecule has 56 valence electrons. The van der Waals surface area contributed by atoms with E-state index >= 15 is 0 Å². The van der Waals surface area contributed by atoms with Crippen LogP contribution in [0, 0.1) is 0 Å². The van der Waals surface area contributed by atoms with Crippen LogP contribution in [0.4, 0.5) is 0 Å². The van der Waals surface area contributed by atoms with Crippen molar-refractivity contribution >= 4 is 0 Å². The molecule has 1 rings (SSSR count). The van der Waals surface area contributed by atoms with Gasteiger partial charge in [-0.3, -0.25) is 0 Å². The van der Waals surface area contributed by atoms with E-state index in [4.69, 9.17) is 0 Å². The quantitative estimate of drug-likeness (QED) is 0.484. The molecule has 0 N–H and O–H groups in total. The molecule has 0 aromatic carbocycles. The van der Waals surface area contributed by atoms with E-state index in [0.29, 0.717) is 0 Å². The lowest BCUT2D eigenvalue weighted by molar-refractivity contribution is 0.331. The molecule has 0 aliphatic carbocycles. The van der Waals surface area contributed by atoms with Crippen LogP contribution < -0.4 is 0 Å². The molecule has 9 heavy (non-hydrogen) atoms. The molecule has 0 saturated carbocycles. The highest BCUT2D eigenvalue weighted by atomic mass is 15.1. The first-order chi connectivity index (χ1) is 4.30. The van der Waals surface area contributed by atoms with Crippen LogP contribution in [-0.2, 0) is 0 Å². The first kappa shape index (κ1) is 8.96. The third-order valence-corrected chi connectivity index (χ3v) is 1.89. The second kappa shape index (κ2) is 4.80. The van der Waals surface area contributed by atoms with Crippen LogP contribution >= 0.6 is 0 Å². The highest BCUT2D eigenvalue weighted by Gasteiger charge is 2.14. The van der Waals surface area contributed by atoms with Crippen molar-refractivity contribution in [2.24, 2.45) is 0 Å². The number of hydrogen-bond acceptors (Lipinski definition) is 1. The Kier molecular flexibility index (Phi) is 4.78. The van der Waals surface area contributed by atoms with Crippen LogP contribution in [0.25, 0.3) is 0 Å². The topological polar surface area (TPSA) is 3.24 Å². The molecule has 0 radical (unpaired) electrons. The summed E-state index contributed by atoms with van der Waals surface area (Å²) in [5, 5.41) is 0. The molecule has 1 aliphatic rings. The van der Waals surface area contributed by atoms with Gasteiger partial charge in [-0.25, -0.2) is 0 Å². The molecule has 1 heteroatoms. The van der Waals surface area contributed by atoms with Gasteiger partial charge in [-0.05, 0) is 33.4 Å². The Morgan fingerprint density at radius 2 is 1.89 bits per heavy atom. The molecule has 0 aromatic heterocycles. The Morgan fingerprint density at radius 3 is 2.00 bits per heavy atom. The van der Waals surface area contributed by atoms with Crippen molar-refractivity contribution < 1.29 is 0 Å². The fourth-order valence-corrected chi connectivity index (χ4v) is 1.08. The van der Waals surface area contributed by atoms with Crippen LogP contribution in [0.3, 0.4) is 0 Å². The standard InChI is InChI=1S/C6H13N.C2H6/c1-6-4-3-5-7(6)2;1-2/h6H,3-5H2,1-2H3;1-2H3/t6-;/m0./s1. The molecular formula is C8H19N. The van der Waals surface area contributed by atoms with Crippen molar-refractivity contribution in [2.45, 2.75) is 39.7 Å². The fourth-order valence-electron chi connectivity index (χ4n) is 1.08. The minimum absolute atomic E-state index is 0.847. The minimum Gasteiger partial charge on any atom is -0.304 e. The maximum absolute atomic E-state index is 2.40. The zero-order chi connectivity index (χ0) is 7.28. The Hall–Kier alpha value is -0.0400. The smallest absolute Gasteiger partial charge is 0.00643 e. The maximum atomic E-state index is 2.40. The van der Waals surface area contributed by atoms with E-state index in [2.05, 4.69) is 18.9 Å². The van der Waals surface area contributed by atoms with E-state index < -0.39 is 0 Å². The lowest BCUT2D eigenvalue weighted by atomic mass is 10.3. The zero-order valence-corrected chi connectivity index (χ0v) is 7.15. The normalized spacial score (nSPS) is 27.3. The predicted octanol–water partition coefficient (Wildman–Crippen LogP) is 2.13. The third-order valence-electron chi connectivity index (χ3n) is 1.89. The molecule has 1 heterocycles. The van der Waals surface area contributed by atoms with Crippen LogP contribution in [-0.4, -0.2) is 24.5 Å². The van der Waals surface area contributed by atoms with E-state index in [9.17, 15) is 0 Å². The van der Waals surface area contributed by atoms with E-state index in [0.717, 1.165) is 6.04 Å². The highest BCUT2D eigenvalue weighted by molar-refractivity contribution is 4.70. The molecule has 0 aromatic rings. The summed E-state index contributed by atoms with van der Waals surface area (Å²) in [6.45, 7) is 7.59. The van der Waals surface area contributed by atoms with Crippen molar-refractivity contribution in [3.63, 3.8) is 0 Å². The van der Waals surface area contributed by atoms with Crippen molar-refractivity contribution in [3.05, 3.63) is 0 Å².